The zero-order chi connectivity index (χ0) is 26.0. The molecule has 0 heterocycles. The van der Waals surface area contributed by atoms with Crippen LogP contribution in [0.1, 0.15) is 33.0 Å². The molecule has 7 nitrogen and oxygen atoms in total. The van der Waals surface area contributed by atoms with E-state index in [0.29, 0.717) is 35.6 Å². The van der Waals surface area contributed by atoms with Gasteiger partial charge < -0.3 is 21.7 Å². The molecule has 0 saturated heterocycles. The quantitative estimate of drug-likeness (QED) is 0.207. The van der Waals surface area contributed by atoms with Crippen LogP contribution in [0.5, 0.6) is 0 Å². The highest BCUT2D eigenvalue weighted by atomic mass is 16.2. The van der Waals surface area contributed by atoms with Gasteiger partial charge in [0, 0.05) is 18.7 Å². The largest absolute Gasteiger partial charge is 0.397 e. The molecular weight excluding hydrogens is 464 g/mol. The Balaban J connectivity index is 1.50. The molecule has 0 radical (unpaired) electrons. The Kier molecular flexibility index (Phi) is 8.29. The number of para-hydroxylation sites is 2. The summed E-state index contributed by atoms with van der Waals surface area (Å²) in [4.78, 5) is 39.1. The number of amides is 3. The van der Waals surface area contributed by atoms with Crippen molar-refractivity contribution < 1.29 is 14.4 Å². The fraction of sp³-hybridized carbons (Fsp3) is 0.100. The summed E-state index contributed by atoms with van der Waals surface area (Å²) in [6, 6.07) is 32.3. The molecule has 3 amide bonds. The summed E-state index contributed by atoms with van der Waals surface area (Å²) in [6.45, 7) is 0.586. The van der Waals surface area contributed by atoms with Gasteiger partial charge in [-0.15, -0.1) is 0 Å². The number of nitrogens with one attached hydrogen (secondary N) is 3. The summed E-state index contributed by atoms with van der Waals surface area (Å²) in [5.74, 6) is -2.29. The summed E-state index contributed by atoms with van der Waals surface area (Å²) >= 11 is 0. The monoisotopic (exact) mass is 492 g/mol. The van der Waals surface area contributed by atoms with Crippen LogP contribution < -0.4 is 21.7 Å². The first-order valence-corrected chi connectivity index (χ1v) is 11.9. The van der Waals surface area contributed by atoms with Gasteiger partial charge in [-0.3, -0.25) is 14.4 Å². The van der Waals surface area contributed by atoms with Crippen molar-refractivity contribution in [1.82, 2.24) is 10.6 Å². The molecule has 0 aliphatic carbocycles. The van der Waals surface area contributed by atoms with Crippen LogP contribution in [0.3, 0.4) is 0 Å². The number of nitrogen functional groups attached to an aromatic ring is 1. The van der Waals surface area contributed by atoms with Gasteiger partial charge in [0.2, 0.25) is 11.8 Å². The van der Waals surface area contributed by atoms with E-state index < -0.39 is 17.7 Å². The van der Waals surface area contributed by atoms with Gasteiger partial charge in [0.15, 0.2) is 0 Å². The minimum Gasteiger partial charge on any atom is -0.397 e. The average Bonchev–Trinajstić information content (AvgIpc) is 2.93. The molecule has 0 aromatic heterocycles. The number of hydrogen-bond donors (Lipinski definition) is 4. The average molecular weight is 493 g/mol. The molecule has 4 aromatic carbocycles. The van der Waals surface area contributed by atoms with E-state index in [1.807, 2.05) is 60.7 Å². The van der Waals surface area contributed by atoms with Crippen molar-refractivity contribution in [2.24, 2.45) is 0 Å². The standard InChI is InChI=1S/C30H28N4O3/c31-25-13-7-8-14-26(25)34-28(35)24-17-15-23(16-18-24)27(29(36)32-19-21-9-3-1-4-10-21)30(37)33-20-22-11-5-2-6-12-22/h1-18,27H,19-20,31H2,(H,32,36)(H,33,37)(H,34,35). The Morgan fingerprint density at radius 2 is 1.11 bits per heavy atom. The second-order valence-corrected chi connectivity index (χ2v) is 8.50. The zero-order valence-corrected chi connectivity index (χ0v) is 20.2. The molecule has 37 heavy (non-hydrogen) atoms. The van der Waals surface area contributed by atoms with Crippen molar-refractivity contribution in [3.05, 3.63) is 131 Å². The van der Waals surface area contributed by atoms with Crippen LogP contribution in [-0.2, 0) is 22.7 Å². The third-order valence-corrected chi connectivity index (χ3v) is 5.86. The minimum atomic E-state index is -1.09. The number of benzene rings is 4. The van der Waals surface area contributed by atoms with Crippen LogP contribution in [0.25, 0.3) is 0 Å². The van der Waals surface area contributed by atoms with E-state index in [9.17, 15) is 14.4 Å². The van der Waals surface area contributed by atoms with E-state index in [1.54, 1.807) is 48.5 Å². The first-order valence-electron chi connectivity index (χ1n) is 11.9. The maximum absolute atomic E-state index is 13.2. The maximum atomic E-state index is 13.2. The van der Waals surface area contributed by atoms with Gasteiger partial charge in [0.25, 0.3) is 5.91 Å². The Labute approximate surface area is 215 Å². The van der Waals surface area contributed by atoms with Crippen molar-refractivity contribution in [1.29, 1.82) is 0 Å². The highest BCUT2D eigenvalue weighted by Crippen LogP contribution is 2.21. The lowest BCUT2D eigenvalue weighted by Gasteiger charge is -2.18. The Morgan fingerprint density at radius 1 is 0.622 bits per heavy atom. The molecule has 7 heteroatoms. The van der Waals surface area contributed by atoms with Crippen molar-refractivity contribution in [2.45, 2.75) is 19.0 Å². The van der Waals surface area contributed by atoms with E-state index >= 15 is 0 Å². The van der Waals surface area contributed by atoms with Crippen molar-refractivity contribution in [2.75, 3.05) is 11.1 Å². The predicted molar refractivity (Wildman–Crippen MR) is 145 cm³/mol. The van der Waals surface area contributed by atoms with Crippen LogP contribution in [0.4, 0.5) is 11.4 Å². The first-order chi connectivity index (χ1) is 18.0. The normalized spacial score (nSPS) is 10.5. The van der Waals surface area contributed by atoms with Gasteiger partial charge >= 0.3 is 0 Å². The van der Waals surface area contributed by atoms with Crippen LogP contribution in [0, 0.1) is 0 Å². The molecule has 0 aliphatic heterocycles. The van der Waals surface area contributed by atoms with E-state index in [4.69, 9.17) is 5.73 Å². The number of anilines is 2. The maximum Gasteiger partial charge on any atom is 0.255 e. The summed E-state index contributed by atoms with van der Waals surface area (Å²) in [5.41, 5.74) is 9.58. The molecule has 4 rings (SSSR count). The molecule has 0 unspecified atom stereocenters. The molecule has 186 valence electrons. The predicted octanol–water partition coefficient (Wildman–Crippen LogP) is 4.24. The summed E-state index contributed by atoms with van der Waals surface area (Å²) < 4.78 is 0. The Hall–Kier alpha value is -4.91. The van der Waals surface area contributed by atoms with Gasteiger partial charge in [-0.1, -0.05) is 84.9 Å². The summed E-state index contributed by atoms with van der Waals surface area (Å²) in [6.07, 6.45) is 0. The number of carbonyl (C=O) groups excluding carboxylic acids is 3. The van der Waals surface area contributed by atoms with Gasteiger partial charge in [-0.2, -0.15) is 0 Å². The lowest BCUT2D eigenvalue weighted by Crippen LogP contribution is -2.39. The highest BCUT2D eigenvalue weighted by molar-refractivity contribution is 6.07. The van der Waals surface area contributed by atoms with E-state index in [-0.39, 0.29) is 5.91 Å². The molecule has 0 saturated carbocycles. The summed E-state index contributed by atoms with van der Waals surface area (Å²) in [7, 11) is 0. The van der Waals surface area contributed by atoms with E-state index in [2.05, 4.69) is 16.0 Å². The van der Waals surface area contributed by atoms with Crippen molar-refractivity contribution in [3.63, 3.8) is 0 Å². The molecule has 0 atom stereocenters. The second-order valence-electron chi connectivity index (χ2n) is 8.50. The smallest absolute Gasteiger partial charge is 0.255 e. The Bertz CT molecular complexity index is 1300. The first kappa shape index (κ1) is 25.2. The van der Waals surface area contributed by atoms with Gasteiger partial charge in [-0.05, 0) is 41.0 Å². The third-order valence-electron chi connectivity index (χ3n) is 5.86. The second kappa shape index (κ2) is 12.2. The van der Waals surface area contributed by atoms with Crippen LogP contribution in [0.2, 0.25) is 0 Å². The molecular formula is C30H28N4O3. The summed E-state index contributed by atoms with van der Waals surface area (Å²) in [5, 5.41) is 8.50. The number of carbonyl (C=O) groups is 3. The number of rotatable bonds is 9. The Morgan fingerprint density at radius 3 is 1.62 bits per heavy atom. The lowest BCUT2D eigenvalue weighted by atomic mass is 9.95. The van der Waals surface area contributed by atoms with Crippen LogP contribution in [0.15, 0.2) is 109 Å². The van der Waals surface area contributed by atoms with Gasteiger partial charge in [0.1, 0.15) is 5.92 Å². The minimum absolute atomic E-state index is 0.293. The lowest BCUT2D eigenvalue weighted by molar-refractivity contribution is -0.131. The third kappa shape index (κ3) is 6.82. The number of hydrogen-bond acceptors (Lipinski definition) is 4. The van der Waals surface area contributed by atoms with Crippen molar-refractivity contribution in [3.8, 4) is 0 Å². The fourth-order valence-corrected chi connectivity index (χ4v) is 3.83. The zero-order valence-electron chi connectivity index (χ0n) is 20.2. The fourth-order valence-electron chi connectivity index (χ4n) is 3.83. The van der Waals surface area contributed by atoms with E-state index in [1.165, 1.54) is 0 Å². The SMILES string of the molecule is Nc1ccccc1NC(=O)c1ccc(C(C(=O)NCc2ccccc2)C(=O)NCc2ccccc2)cc1. The van der Waals surface area contributed by atoms with E-state index in [0.717, 1.165) is 11.1 Å². The van der Waals surface area contributed by atoms with Crippen molar-refractivity contribution >= 4 is 29.1 Å². The molecule has 4 aromatic rings. The molecule has 0 spiro atoms. The van der Waals surface area contributed by atoms with Gasteiger partial charge in [0.05, 0.1) is 11.4 Å². The highest BCUT2D eigenvalue weighted by Gasteiger charge is 2.28. The molecule has 0 aliphatic rings. The number of nitrogens with two attached hydrogens (primary N) is 1. The molecule has 0 fully saturated rings. The van der Waals surface area contributed by atoms with Crippen LogP contribution in [-0.4, -0.2) is 17.7 Å². The van der Waals surface area contributed by atoms with Gasteiger partial charge in [-0.25, -0.2) is 0 Å². The van der Waals surface area contributed by atoms with Crippen LogP contribution >= 0.6 is 0 Å². The molecule has 0 bridgehead atoms. The topological polar surface area (TPSA) is 113 Å². The molecule has 5 N–H and O–H groups in total.